The minimum Gasteiger partial charge on any atom is -0.496 e. The highest BCUT2D eigenvalue weighted by atomic mass is 16.5. The zero-order valence-electron chi connectivity index (χ0n) is 12.0. The summed E-state index contributed by atoms with van der Waals surface area (Å²) >= 11 is 0. The predicted molar refractivity (Wildman–Crippen MR) is 81.1 cm³/mol. The van der Waals surface area contributed by atoms with Crippen molar-refractivity contribution in [1.29, 1.82) is 0 Å². The fourth-order valence-corrected chi connectivity index (χ4v) is 2.19. The largest absolute Gasteiger partial charge is 0.496 e. The Morgan fingerprint density at radius 2 is 1.81 bits per heavy atom. The van der Waals surface area contributed by atoms with Gasteiger partial charge in [0, 0.05) is 5.56 Å². The number of aliphatic hydroxyl groups is 1. The molecule has 110 valence electrons. The highest BCUT2D eigenvalue weighted by molar-refractivity contribution is 5.79. The van der Waals surface area contributed by atoms with Crippen LogP contribution in [0.3, 0.4) is 0 Å². The van der Waals surface area contributed by atoms with Gasteiger partial charge in [-0.1, -0.05) is 48.5 Å². The molecule has 0 fully saturated rings. The summed E-state index contributed by atoms with van der Waals surface area (Å²) in [4.78, 5) is 12.1. The second kappa shape index (κ2) is 7.45. The summed E-state index contributed by atoms with van der Waals surface area (Å²) in [7, 11) is 1.58. The molecule has 1 atom stereocenters. The van der Waals surface area contributed by atoms with E-state index in [0.717, 1.165) is 11.1 Å². The first-order valence-corrected chi connectivity index (χ1v) is 6.81. The Morgan fingerprint density at radius 1 is 1.14 bits per heavy atom. The molecule has 4 nitrogen and oxygen atoms in total. The number of benzene rings is 2. The van der Waals surface area contributed by atoms with E-state index in [2.05, 4.69) is 5.32 Å². The molecule has 2 rings (SSSR count). The second-order valence-corrected chi connectivity index (χ2v) is 4.70. The number of methoxy groups -OCH3 is 1. The van der Waals surface area contributed by atoms with Crippen LogP contribution in [-0.2, 0) is 11.2 Å². The van der Waals surface area contributed by atoms with E-state index in [1.165, 1.54) is 0 Å². The van der Waals surface area contributed by atoms with Crippen molar-refractivity contribution < 1.29 is 14.6 Å². The molecular weight excluding hydrogens is 266 g/mol. The topological polar surface area (TPSA) is 58.6 Å². The third-order valence-corrected chi connectivity index (χ3v) is 3.26. The first kappa shape index (κ1) is 15.1. The maximum absolute atomic E-state index is 12.1. The van der Waals surface area contributed by atoms with Crippen LogP contribution in [0.15, 0.2) is 54.6 Å². The minimum absolute atomic E-state index is 0.137. The van der Waals surface area contributed by atoms with Crippen LogP contribution in [0.4, 0.5) is 0 Å². The van der Waals surface area contributed by atoms with Gasteiger partial charge in [0.2, 0.25) is 5.91 Å². The summed E-state index contributed by atoms with van der Waals surface area (Å²) in [6.07, 6.45) is 0.216. The SMILES string of the molecule is COc1ccccc1CC(=O)N[C@@H](CO)c1ccccc1. The molecule has 2 aromatic carbocycles. The average Bonchev–Trinajstić information content (AvgIpc) is 2.54. The molecule has 2 aromatic rings. The molecule has 0 saturated carbocycles. The van der Waals surface area contributed by atoms with E-state index in [4.69, 9.17) is 4.74 Å². The molecule has 0 aromatic heterocycles. The van der Waals surface area contributed by atoms with Gasteiger partial charge in [-0.15, -0.1) is 0 Å². The molecule has 0 aliphatic rings. The summed E-state index contributed by atoms with van der Waals surface area (Å²) in [5.41, 5.74) is 1.70. The van der Waals surface area contributed by atoms with Gasteiger partial charge in [0.25, 0.3) is 0 Å². The number of hydrogen-bond acceptors (Lipinski definition) is 3. The first-order chi connectivity index (χ1) is 10.2. The van der Waals surface area contributed by atoms with Crippen LogP contribution in [0, 0.1) is 0 Å². The molecule has 0 aliphatic heterocycles. The molecule has 2 N–H and O–H groups in total. The lowest BCUT2D eigenvalue weighted by Gasteiger charge is -2.17. The van der Waals surface area contributed by atoms with E-state index in [1.807, 2.05) is 54.6 Å². The van der Waals surface area contributed by atoms with Gasteiger partial charge in [0.15, 0.2) is 0 Å². The van der Waals surface area contributed by atoms with Crippen molar-refractivity contribution in [2.45, 2.75) is 12.5 Å². The minimum atomic E-state index is -0.395. The maximum Gasteiger partial charge on any atom is 0.225 e. The third-order valence-electron chi connectivity index (χ3n) is 3.26. The number of ether oxygens (including phenoxy) is 1. The van der Waals surface area contributed by atoms with Gasteiger partial charge >= 0.3 is 0 Å². The lowest BCUT2D eigenvalue weighted by molar-refractivity contribution is -0.121. The lowest BCUT2D eigenvalue weighted by Crippen LogP contribution is -2.32. The molecule has 0 heterocycles. The summed E-state index contributed by atoms with van der Waals surface area (Å²) in [5, 5.41) is 12.3. The van der Waals surface area contributed by atoms with Gasteiger partial charge < -0.3 is 15.2 Å². The van der Waals surface area contributed by atoms with E-state index < -0.39 is 6.04 Å². The molecular formula is C17H19NO3. The first-order valence-electron chi connectivity index (χ1n) is 6.81. The summed E-state index contributed by atoms with van der Waals surface area (Å²) in [6, 6.07) is 16.4. The van der Waals surface area contributed by atoms with E-state index in [0.29, 0.717) is 5.75 Å². The quantitative estimate of drug-likeness (QED) is 0.854. The highest BCUT2D eigenvalue weighted by Crippen LogP contribution is 2.18. The van der Waals surface area contributed by atoms with Crippen LogP contribution in [0.25, 0.3) is 0 Å². The smallest absolute Gasteiger partial charge is 0.225 e. The molecule has 21 heavy (non-hydrogen) atoms. The van der Waals surface area contributed by atoms with Crippen molar-refractivity contribution in [2.75, 3.05) is 13.7 Å². The lowest BCUT2D eigenvalue weighted by atomic mass is 10.1. The van der Waals surface area contributed by atoms with Gasteiger partial charge in [-0.05, 0) is 11.6 Å². The van der Waals surface area contributed by atoms with E-state index >= 15 is 0 Å². The van der Waals surface area contributed by atoms with Crippen LogP contribution in [-0.4, -0.2) is 24.7 Å². The number of carbonyl (C=O) groups excluding carboxylic acids is 1. The van der Waals surface area contributed by atoms with E-state index in [1.54, 1.807) is 7.11 Å². The highest BCUT2D eigenvalue weighted by Gasteiger charge is 2.14. The van der Waals surface area contributed by atoms with E-state index in [9.17, 15) is 9.90 Å². The van der Waals surface area contributed by atoms with Gasteiger partial charge in [-0.25, -0.2) is 0 Å². The zero-order chi connectivity index (χ0) is 15.1. The van der Waals surface area contributed by atoms with Crippen LogP contribution in [0.1, 0.15) is 17.2 Å². The molecule has 1 amide bonds. The number of aliphatic hydroxyl groups excluding tert-OH is 1. The van der Waals surface area contributed by atoms with Gasteiger partial charge in [-0.2, -0.15) is 0 Å². The normalized spacial score (nSPS) is 11.7. The number of hydrogen-bond donors (Lipinski definition) is 2. The predicted octanol–water partition coefficient (Wildman–Crippen LogP) is 2.09. The Morgan fingerprint density at radius 3 is 2.48 bits per heavy atom. The fourth-order valence-electron chi connectivity index (χ4n) is 2.19. The van der Waals surface area contributed by atoms with Crippen molar-refractivity contribution in [2.24, 2.45) is 0 Å². The Balaban J connectivity index is 2.03. The number of amides is 1. The summed E-state index contributed by atoms with van der Waals surface area (Å²) in [6.45, 7) is -0.137. The van der Waals surface area contributed by atoms with Crippen LogP contribution >= 0.6 is 0 Å². The van der Waals surface area contributed by atoms with E-state index in [-0.39, 0.29) is 18.9 Å². The zero-order valence-corrected chi connectivity index (χ0v) is 12.0. The summed E-state index contributed by atoms with van der Waals surface area (Å²) in [5.74, 6) is 0.537. The standard InChI is InChI=1S/C17H19NO3/c1-21-16-10-6-5-9-14(16)11-17(20)18-15(12-19)13-7-3-2-4-8-13/h2-10,15,19H,11-12H2,1H3,(H,18,20)/t15-/m0/s1. The van der Waals surface area contributed by atoms with Gasteiger partial charge in [0.05, 0.1) is 26.2 Å². The number of para-hydroxylation sites is 1. The van der Waals surface area contributed by atoms with Crippen LogP contribution < -0.4 is 10.1 Å². The molecule has 0 radical (unpaired) electrons. The maximum atomic E-state index is 12.1. The molecule has 4 heteroatoms. The van der Waals surface area contributed by atoms with Crippen molar-refractivity contribution >= 4 is 5.91 Å². The van der Waals surface area contributed by atoms with Gasteiger partial charge in [0.1, 0.15) is 5.75 Å². The van der Waals surface area contributed by atoms with Crippen molar-refractivity contribution in [1.82, 2.24) is 5.32 Å². The van der Waals surface area contributed by atoms with Crippen LogP contribution in [0.5, 0.6) is 5.75 Å². The molecule has 0 spiro atoms. The van der Waals surface area contributed by atoms with Gasteiger partial charge in [-0.3, -0.25) is 4.79 Å². The third kappa shape index (κ3) is 4.07. The number of nitrogens with one attached hydrogen (secondary N) is 1. The van der Waals surface area contributed by atoms with Crippen LogP contribution in [0.2, 0.25) is 0 Å². The number of rotatable bonds is 6. The molecule has 0 bridgehead atoms. The van der Waals surface area contributed by atoms with Crippen molar-refractivity contribution in [3.8, 4) is 5.75 Å². The molecule has 0 unspecified atom stereocenters. The Hall–Kier alpha value is -2.33. The van der Waals surface area contributed by atoms with Crippen molar-refractivity contribution in [3.63, 3.8) is 0 Å². The number of carbonyl (C=O) groups is 1. The van der Waals surface area contributed by atoms with Crippen molar-refractivity contribution in [3.05, 3.63) is 65.7 Å². The average molecular weight is 285 g/mol. The monoisotopic (exact) mass is 285 g/mol. The fraction of sp³-hybridized carbons (Fsp3) is 0.235. The summed E-state index contributed by atoms with van der Waals surface area (Å²) < 4.78 is 5.23. The molecule has 0 saturated heterocycles. The Kier molecular flexibility index (Phi) is 5.35. The Bertz CT molecular complexity index is 584. The Labute approximate surface area is 124 Å². The second-order valence-electron chi connectivity index (χ2n) is 4.70. The molecule has 0 aliphatic carbocycles.